The monoisotopic (exact) mass is 259 g/mol. The number of ether oxygens (including phenoxy) is 1. The Morgan fingerprint density at radius 1 is 1.28 bits per heavy atom. The summed E-state index contributed by atoms with van der Waals surface area (Å²) in [5.74, 6) is 0. The summed E-state index contributed by atoms with van der Waals surface area (Å²) in [5, 5.41) is 0. The van der Waals surface area contributed by atoms with Crippen LogP contribution in [-0.2, 0) is 11.2 Å². The van der Waals surface area contributed by atoms with Crippen LogP contribution in [0.4, 0.5) is 13.2 Å². The third-order valence-electron chi connectivity index (χ3n) is 3.23. The first-order valence-electron chi connectivity index (χ1n) is 5.99. The third kappa shape index (κ3) is 3.23. The van der Waals surface area contributed by atoms with E-state index < -0.39 is 12.6 Å². The lowest BCUT2D eigenvalue weighted by molar-refractivity contribution is -0.150. The first-order chi connectivity index (χ1) is 8.47. The molecule has 0 fully saturated rings. The maximum Gasteiger partial charge on any atom is 0.391 e. The lowest BCUT2D eigenvalue weighted by Crippen LogP contribution is -2.34. The van der Waals surface area contributed by atoms with Gasteiger partial charge in [0.1, 0.15) is 0 Å². The van der Waals surface area contributed by atoms with Gasteiger partial charge in [0.05, 0.1) is 25.2 Å². The Balaban J connectivity index is 1.93. The van der Waals surface area contributed by atoms with Gasteiger partial charge in [-0.15, -0.1) is 0 Å². The minimum atomic E-state index is -4.17. The molecule has 2 N–H and O–H groups in total. The zero-order valence-corrected chi connectivity index (χ0v) is 9.91. The summed E-state index contributed by atoms with van der Waals surface area (Å²) in [6.45, 7) is -0.315. The molecule has 2 nitrogen and oxygen atoms in total. The molecule has 0 heterocycles. The number of hydrogen-bond acceptors (Lipinski definition) is 2. The molecule has 1 aromatic rings. The number of hydrogen-bond donors (Lipinski definition) is 1. The van der Waals surface area contributed by atoms with Crippen LogP contribution in [0.1, 0.15) is 30.0 Å². The molecule has 1 aliphatic carbocycles. The zero-order chi connectivity index (χ0) is 13.2. The summed E-state index contributed by atoms with van der Waals surface area (Å²) in [7, 11) is 0. The van der Waals surface area contributed by atoms with Crippen molar-refractivity contribution in [2.75, 3.05) is 6.61 Å². The van der Waals surface area contributed by atoms with E-state index in [0.717, 1.165) is 12.0 Å². The van der Waals surface area contributed by atoms with Gasteiger partial charge in [-0.2, -0.15) is 13.2 Å². The van der Waals surface area contributed by atoms with E-state index in [1.54, 1.807) is 0 Å². The number of benzene rings is 1. The van der Waals surface area contributed by atoms with Crippen molar-refractivity contribution >= 4 is 0 Å². The minimum absolute atomic E-state index is 0.315. The van der Waals surface area contributed by atoms with Gasteiger partial charge >= 0.3 is 6.18 Å². The van der Waals surface area contributed by atoms with Crippen LogP contribution in [0.2, 0.25) is 0 Å². The van der Waals surface area contributed by atoms with E-state index in [4.69, 9.17) is 10.5 Å². The van der Waals surface area contributed by atoms with Gasteiger partial charge in [-0.25, -0.2) is 0 Å². The highest BCUT2D eigenvalue weighted by atomic mass is 19.4. The van der Waals surface area contributed by atoms with Crippen LogP contribution in [0.3, 0.4) is 0 Å². The molecule has 0 radical (unpaired) electrons. The highest BCUT2D eigenvalue weighted by Gasteiger charge is 2.30. The van der Waals surface area contributed by atoms with E-state index in [2.05, 4.69) is 0 Å². The second-order valence-corrected chi connectivity index (χ2v) is 4.54. The van der Waals surface area contributed by atoms with E-state index in [-0.39, 0.29) is 18.8 Å². The van der Waals surface area contributed by atoms with Crippen LogP contribution in [0.25, 0.3) is 0 Å². The Bertz CT molecular complexity index is 405. The molecule has 0 spiro atoms. The van der Waals surface area contributed by atoms with E-state index in [0.29, 0.717) is 6.42 Å². The number of aryl methyl sites for hydroxylation is 1. The van der Waals surface area contributed by atoms with Gasteiger partial charge in [-0.05, 0) is 24.0 Å². The average molecular weight is 259 g/mol. The molecule has 1 aromatic carbocycles. The summed E-state index contributed by atoms with van der Waals surface area (Å²) in [6.07, 6.45) is -3.92. The smallest absolute Gasteiger partial charge is 0.376 e. The van der Waals surface area contributed by atoms with Gasteiger partial charge in [-0.1, -0.05) is 24.3 Å². The molecule has 0 aromatic heterocycles. The predicted molar refractivity (Wildman–Crippen MR) is 62.1 cm³/mol. The van der Waals surface area contributed by atoms with Gasteiger partial charge in [0, 0.05) is 0 Å². The number of halogens is 3. The van der Waals surface area contributed by atoms with Crippen LogP contribution in [0.5, 0.6) is 0 Å². The molecule has 2 rings (SSSR count). The second-order valence-electron chi connectivity index (χ2n) is 4.54. The second kappa shape index (κ2) is 5.28. The van der Waals surface area contributed by atoms with E-state index in [9.17, 15) is 13.2 Å². The quantitative estimate of drug-likeness (QED) is 0.905. The van der Waals surface area contributed by atoms with Crippen LogP contribution in [0.15, 0.2) is 24.3 Å². The molecule has 5 heteroatoms. The van der Waals surface area contributed by atoms with Gasteiger partial charge in [0.15, 0.2) is 0 Å². The third-order valence-corrected chi connectivity index (χ3v) is 3.23. The summed E-state index contributed by atoms with van der Waals surface area (Å²) in [4.78, 5) is 0. The van der Waals surface area contributed by atoms with E-state index in [1.807, 2.05) is 24.3 Å². The topological polar surface area (TPSA) is 35.2 Å². The Kier molecular flexibility index (Phi) is 3.92. The molecule has 2 atom stereocenters. The molecular weight excluding hydrogens is 243 g/mol. The number of nitrogens with two attached hydrogens (primary N) is 1. The fraction of sp³-hybridized carbons (Fsp3) is 0.538. The molecule has 0 saturated heterocycles. The van der Waals surface area contributed by atoms with Crippen LogP contribution in [0, 0.1) is 0 Å². The molecule has 0 aliphatic heterocycles. The van der Waals surface area contributed by atoms with Crippen LogP contribution >= 0.6 is 0 Å². The minimum Gasteiger partial charge on any atom is -0.376 e. The average Bonchev–Trinajstić information content (AvgIpc) is 2.31. The normalized spacial score (nSPS) is 23.8. The van der Waals surface area contributed by atoms with Crippen molar-refractivity contribution in [2.24, 2.45) is 5.73 Å². The van der Waals surface area contributed by atoms with Gasteiger partial charge in [0.25, 0.3) is 0 Å². The Morgan fingerprint density at radius 3 is 2.72 bits per heavy atom. The molecule has 0 amide bonds. The van der Waals surface area contributed by atoms with Gasteiger partial charge in [0.2, 0.25) is 0 Å². The van der Waals surface area contributed by atoms with Crippen LogP contribution < -0.4 is 5.73 Å². The van der Waals surface area contributed by atoms with Crippen LogP contribution in [-0.4, -0.2) is 18.9 Å². The maximum atomic E-state index is 12.0. The number of alkyl halides is 3. The van der Waals surface area contributed by atoms with Gasteiger partial charge in [-0.3, -0.25) is 0 Å². The highest BCUT2D eigenvalue weighted by molar-refractivity contribution is 5.33. The summed E-state index contributed by atoms with van der Waals surface area (Å²) >= 11 is 0. The Labute approximate surface area is 104 Å². The molecule has 1 aliphatic rings. The lowest BCUT2D eigenvalue weighted by atomic mass is 9.86. The van der Waals surface area contributed by atoms with Crippen molar-refractivity contribution in [1.29, 1.82) is 0 Å². The van der Waals surface area contributed by atoms with Crippen molar-refractivity contribution in [3.05, 3.63) is 35.4 Å². The van der Waals surface area contributed by atoms with E-state index in [1.165, 1.54) is 5.56 Å². The lowest BCUT2D eigenvalue weighted by Gasteiger charge is -2.31. The molecule has 18 heavy (non-hydrogen) atoms. The first-order valence-corrected chi connectivity index (χ1v) is 5.99. The standard InChI is InChI=1S/C13H16F3NO/c14-13(15,16)7-8-18-11-6-5-9-3-1-2-4-10(9)12(11)17/h1-4,11-12H,5-8,17H2. The van der Waals surface area contributed by atoms with Crippen molar-refractivity contribution in [3.63, 3.8) is 0 Å². The molecule has 0 bridgehead atoms. The summed E-state index contributed by atoms with van der Waals surface area (Å²) < 4.78 is 41.4. The fourth-order valence-corrected chi connectivity index (χ4v) is 2.28. The number of rotatable bonds is 3. The maximum absolute atomic E-state index is 12.0. The van der Waals surface area contributed by atoms with E-state index >= 15 is 0 Å². The predicted octanol–water partition coefficient (Wildman–Crippen LogP) is 2.97. The molecule has 100 valence electrons. The summed E-state index contributed by atoms with van der Waals surface area (Å²) in [5.41, 5.74) is 8.19. The van der Waals surface area contributed by atoms with Crippen molar-refractivity contribution in [1.82, 2.24) is 0 Å². The van der Waals surface area contributed by atoms with Gasteiger partial charge < -0.3 is 10.5 Å². The van der Waals surface area contributed by atoms with Crippen molar-refractivity contribution < 1.29 is 17.9 Å². The molecule has 2 unspecified atom stereocenters. The van der Waals surface area contributed by atoms with Crippen molar-refractivity contribution in [3.8, 4) is 0 Å². The first kappa shape index (κ1) is 13.4. The molecular formula is C13H16F3NO. The van der Waals surface area contributed by atoms with Crippen molar-refractivity contribution in [2.45, 2.75) is 37.6 Å². The number of fused-ring (bicyclic) bond motifs is 1. The largest absolute Gasteiger partial charge is 0.391 e. The fourth-order valence-electron chi connectivity index (χ4n) is 2.28. The Morgan fingerprint density at radius 2 is 2.00 bits per heavy atom. The summed E-state index contributed by atoms with van der Waals surface area (Å²) in [6, 6.07) is 7.41. The molecule has 0 saturated carbocycles. The Hall–Kier alpha value is -1.07. The highest BCUT2D eigenvalue weighted by Crippen LogP contribution is 2.30. The zero-order valence-electron chi connectivity index (χ0n) is 9.91. The SMILES string of the molecule is NC1c2ccccc2CCC1OCCC(F)(F)F.